The summed E-state index contributed by atoms with van der Waals surface area (Å²) in [5, 5.41) is 13.1. The molecule has 0 radical (unpaired) electrons. The molecule has 0 amide bonds. The summed E-state index contributed by atoms with van der Waals surface area (Å²) >= 11 is 0. The van der Waals surface area contributed by atoms with Gasteiger partial charge in [-0.2, -0.15) is 0 Å². The van der Waals surface area contributed by atoms with Crippen LogP contribution in [0.4, 0.5) is 5.69 Å². The lowest BCUT2D eigenvalue weighted by Gasteiger charge is -2.15. The Morgan fingerprint density at radius 1 is 1.44 bits per heavy atom. The largest absolute Gasteiger partial charge is 0.391 e. The number of benzene rings is 1. The topological polar surface area (TPSA) is 47.9 Å². The minimum Gasteiger partial charge on any atom is -0.391 e. The molecule has 0 aromatic heterocycles. The van der Waals surface area contributed by atoms with Crippen molar-refractivity contribution in [2.75, 3.05) is 21.1 Å². The van der Waals surface area contributed by atoms with Crippen LogP contribution >= 0.6 is 0 Å². The van der Waals surface area contributed by atoms with Crippen molar-refractivity contribution in [2.24, 2.45) is 4.99 Å². The van der Waals surface area contributed by atoms with Crippen LogP contribution in [0.1, 0.15) is 24.1 Å². The van der Waals surface area contributed by atoms with Crippen molar-refractivity contribution in [3.63, 3.8) is 0 Å². The second kappa shape index (κ2) is 5.08. The number of aliphatic imine (C=N–C) groups is 1. The van der Waals surface area contributed by atoms with E-state index in [1.165, 1.54) is 5.56 Å². The van der Waals surface area contributed by atoms with Gasteiger partial charge in [0.15, 0.2) is 0 Å². The lowest BCUT2D eigenvalue weighted by Crippen LogP contribution is -2.25. The predicted octanol–water partition coefficient (Wildman–Crippen LogP) is 1.48. The second-order valence-corrected chi connectivity index (χ2v) is 4.97. The molecule has 1 aliphatic rings. The van der Waals surface area contributed by atoms with E-state index in [2.05, 4.69) is 22.4 Å². The van der Waals surface area contributed by atoms with E-state index in [1.807, 2.05) is 39.0 Å². The van der Waals surface area contributed by atoms with Gasteiger partial charge in [0.1, 0.15) is 5.84 Å². The fourth-order valence-corrected chi connectivity index (χ4v) is 2.31. The second-order valence-electron chi connectivity index (χ2n) is 4.97. The third-order valence-corrected chi connectivity index (χ3v) is 3.53. The van der Waals surface area contributed by atoms with Crippen LogP contribution in [-0.4, -0.2) is 43.1 Å². The van der Waals surface area contributed by atoms with Gasteiger partial charge in [-0.25, -0.2) is 4.99 Å². The quantitative estimate of drug-likeness (QED) is 0.614. The van der Waals surface area contributed by atoms with Gasteiger partial charge in [-0.3, -0.25) is 0 Å². The summed E-state index contributed by atoms with van der Waals surface area (Å²) in [5.74, 6) is 0.967. The Kier molecular flexibility index (Phi) is 3.68. The number of amidine groups is 1. The molecule has 4 heteroatoms. The lowest BCUT2D eigenvalue weighted by molar-refractivity contribution is 0.145. The van der Waals surface area contributed by atoms with E-state index in [4.69, 9.17) is 0 Å². The molecule has 1 aromatic carbocycles. The minimum absolute atomic E-state index is 0.0230. The van der Waals surface area contributed by atoms with Crippen LogP contribution in [0.3, 0.4) is 0 Å². The highest BCUT2D eigenvalue weighted by molar-refractivity contribution is 5.82. The normalized spacial score (nSPS) is 23.1. The van der Waals surface area contributed by atoms with E-state index >= 15 is 0 Å². The van der Waals surface area contributed by atoms with Crippen molar-refractivity contribution < 1.29 is 5.11 Å². The molecule has 1 aromatic rings. The molecule has 1 aliphatic carbocycles. The number of nitrogens with one attached hydrogen (secondary N) is 1. The van der Waals surface area contributed by atoms with Crippen LogP contribution < -0.4 is 5.32 Å². The molecule has 98 valence electrons. The van der Waals surface area contributed by atoms with E-state index < -0.39 is 0 Å². The molecule has 2 rings (SSSR count). The number of hydrogen-bond acceptors (Lipinski definition) is 3. The summed E-state index contributed by atoms with van der Waals surface area (Å²) in [4.78, 5) is 6.55. The fourth-order valence-electron chi connectivity index (χ4n) is 2.31. The van der Waals surface area contributed by atoms with Gasteiger partial charge >= 0.3 is 0 Å². The first-order chi connectivity index (χ1) is 8.52. The zero-order valence-corrected chi connectivity index (χ0v) is 11.4. The Morgan fingerprint density at radius 3 is 2.78 bits per heavy atom. The zero-order chi connectivity index (χ0) is 13.3. The maximum Gasteiger partial charge on any atom is 0.101 e. The number of likely N-dealkylation sites (N-methyl/N-ethyl adjacent to an activating group) is 1. The molecule has 0 aliphatic heterocycles. The van der Waals surface area contributed by atoms with Gasteiger partial charge < -0.3 is 15.3 Å². The molecular weight excluding hydrogens is 226 g/mol. The molecule has 2 unspecified atom stereocenters. The molecule has 2 N–H and O–H groups in total. The molecule has 0 saturated carbocycles. The van der Waals surface area contributed by atoms with Crippen molar-refractivity contribution >= 4 is 11.5 Å². The summed E-state index contributed by atoms with van der Waals surface area (Å²) in [6.07, 6.45) is 0.386. The van der Waals surface area contributed by atoms with Crippen molar-refractivity contribution in [1.82, 2.24) is 10.2 Å². The van der Waals surface area contributed by atoms with Gasteiger partial charge in [0, 0.05) is 20.5 Å². The minimum atomic E-state index is -0.334. The summed E-state index contributed by atoms with van der Waals surface area (Å²) in [6.45, 7) is 1.98. The van der Waals surface area contributed by atoms with Gasteiger partial charge in [0.25, 0.3) is 0 Å². The summed E-state index contributed by atoms with van der Waals surface area (Å²) in [6, 6.07) is 6.17. The van der Waals surface area contributed by atoms with Crippen LogP contribution in [-0.2, 0) is 6.42 Å². The van der Waals surface area contributed by atoms with E-state index in [9.17, 15) is 5.11 Å². The molecule has 0 fully saturated rings. The third-order valence-electron chi connectivity index (χ3n) is 3.53. The molecule has 0 bridgehead atoms. The highest BCUT2D eigenvalue weighted by atomic mass is 16.3. The molecule has 18 heavy (non-hydrogen) atoms. The summed E-state index contributed by atoms with van der Waals surface area (Å²) in [5.41, 5.74) is 3.32. The van der Waals surface area contributed by atoms with E-state index in [0.29, 0.717) is 0 Å². The summed E-state index contributed by atoms with van der Waals surface area (Å²) < 4.78 is 0. The Bertz CT molecular complexity index is 468. The Hall–Kier alpha value is -1.39. The maximum absolute atomic E-state index is 9.96. The fraction of sp³-hybridized carbons (Fsp3) is 0.500. The van der Waals surface area contributed by atoms with Crippen molar-refractivity contribution in [1.29, 1.82) is 0 Å². The van der Waals surface area contributed by atoms with Gasteiger partial charge in [-0.05, 0) is 37.2 Å². The zero-order valence-electron chi connectivity index (χ0n) is 11.4. The Morgan fingerprint density at radius 2 is 2.17 bits per heavy atom. The first-order valence-electron chi connectivity index (χ1n) is 6.23. The predicted molar refractivity (Wildman–Crippen MR) is 74.4 cm³/mol. The number of rotatable bonds is 2. The monoisotopic (exact) mass is 247 g/mol. The standard InChI is InChI=1S/C14H21N3O/c1-9(17(3)4)16-11-6-5-10-7-13(18)14(15-2)12(10)8-11/h5-6,8,13-15,18H,7H2,1-4H3. The van der Waals surface area contributed by atoms with Crippen LogP contribution in [0, 0.1) is 0 Å². The number of fused-ring (bicyclic) bond motifs is 1. The molecule has 0 spiro atoms. The number of nitrogens with zero attached hydrogens (tertiary/aromatic N) is 2. The Balaban J connectivity index is 2.34. The highest BCUT2D eigenvalue weighted by Gasteiger charge is 2.29. The smallest absolute Gasteiger partial charge is 0.101 e. The van der Waals surface area contributed by atoms with Crippen molar-refractivity contribution in [3.8, 4) is 0 Å². The van der Waals surface area contributed by atoms with Gasteiger partial charge in [0.05, 0.1) is 17.8 Å². The molecule has 4 nitrogen and oxygen atoms in total. The number of aliphatic hydroxyl groups excluding tert-OH is 1. The number of aliphatic hydroxyl groups is 1. The first kappa shape index (κ1) is 13.1. The first-order valence-corrected chi connectivity index (χ1v) is 6.23. The average Bonchev–Trinajstić information content (AvgIpc) is 2.63. The van der Waals surface area contributed by atoms with Crippen molar-refractivity contribution in [3.05, 3.63) is 29.3 Å². The maximum atomic E-state index is 9.96. The van der Waals surface area contributed by atoms with Crippen molar-refractivity contribution in [2.45, 2.75) is 25.5 Å². The molecule has 2 atom stereocenters. The van der Waals surface area contributed by atoms with E-state index in [0.717, 1.165) is 23.5 Å². The Labute approximate surface area is 108 Å². The summed E-state index contributed by atoms with van der Waals surface area (Å²) in [7, 11) is 5.84. The van der Waals surface area contributed by atoms with Gasteiger partial charge in [-0.15, -0.1) is 0 Å². The van der Waals surface area contributed by atoms with Crippen LogP contribution in [0.5, 0.6) is 0 Å². The highest BCUT2D eigenvalue weighted by Crippen LogP contribution is 2.33. The van der Waals surface area contributed by atoms with E-state index in [-0.39, 0.29) is 12.1 Å². The van der Waals surface area contributed by atoms with E-state index in [1.54, 1.807) is 0 Å². The SMILES string of the molecule is CNC1c2cc(N=C(C)N(C)C)ccc2CC1O. The molecule has 0 heterocycles. The average molecular weight is 247 g/mol. The van der Waals surface area contributed by atoms with Crippen LogP contribution in [0.2, 0.25) is 0 Å². The third kappa shape index (κ3) is 2.40. The van der Waals surface area contributed by atoms with Gasteiger partial charge in [-0.1, -0.05) is 6.07 Å². The molecule has 0 saturated heterocycles. The van der Waals surface area contributed by atoms with Crippen LogP contribution in [0.25, 0.3) is 0 Å². The van der Waals surface area contributed by atoms with Gasteiger partial charge in [0.2, 0.25) is 0 Å². The van der Waals surface area contributed by atoms with Crippen LogP contribution in [0.15, 0.2) is 23.2 Å². The number of hydrogen-bond donors (Lipinski definition) is 2. The lowest BCUT2D eigenvalue weighted by atomic mass is 10.1. The molecular formula is C14H21N3O.